The molecule has 1 unspecified atom stereocenters. The molecule has 0 radical (unpaired) electrons. The first-order valence-electron chi connectivity index (χ1n) is 6.06. The second kappa shape index (κ2) is 4.98. The Morgan fingerprint density at radius 1 is 1.32 bits per heavy atom. The van der Waals surface area contributed by atoms with E-state index in [4.69, 9.17) is 5.73 Å². The van der Waals surface area contributed by atoms with E-state index in [1.165, 1.54) is 30.4 Å². The highest BCUT2D eigenvalue weighted by atomic mass is 32.1. The molecule has 1 aromatic carbocycles. The number of halogens is 2. The van der Waals surface area contributed by atoms with Gasteiger partial charge in [0.15, 0.2) is 0 Å². The quantitative estimate of drug-likeness (QED) is 0.924. The average Bonchev–Trinajstić information content (AvgIpc) is 2.84. The van der Waals surface area contributed by atoms with Crippen LogP contribution >= 0.6 is 11.3 Å². The van der Waals surface area contributed by atoms with Crippen molar-refractivity contribution in [3.05, 3.63) is 39.7 Å². The zero-order valence-corrected chi connectivity index (χ0v) is 11.9. The summed E-state index contributed by atoms with van der Waals surface area (Å²) in [7, 11) is 0. The van der Waals surface area contributed by atoms with Gasteiger partial charge in [-0.2, -0.15) is 0 Å². The first-order valence-corrected chi connectivity index (χ1v) is 6.94. The number of nitrogens with zero attached hydrogens (tertiary/aromatic N) is 1. The van der Waals surface area contributed by atoms with Crippen LogP contribution in [-0.2, 0) is 5.54 Å². The first-order chi connectivity index (χ1) is 8.85. The van der Waals surface area contributed by atoms with Crippen LogP contribution in [-0.4, -0.2) is 4.98 Å². The van der Waals surface area contributed by atoms with Crippen LogP contribution < -0.4 is 5.73 Å². The maximum Gasteiger partial charge on any atom is 0.133 e. The molecule has 0 bridgehead atoms. The Labute approximate surface area is 115 Å². The third-order valence-corrected chi connectivity index (χ3v) is 4.37. The average molecular weight is 282 g/mol. The van der Waals surface area contributed by atoms with Gasteiger partial charge in [-0.15, -0.1) is 11.3 Å². The van der Waals surface area contributed by atoms with E-state index in [1.54, 1.807) is 5.38 Å². The third-order valence-electron chi connectivity index (χ3n) is 3.25. The van der Waals surface area contributed by atoms with E-state index in [0.717, 1.165) is 11.4 Å². The van der Waals surface area contributed by atoms with E-state index in [-0.39, 0.29) is 11.1 Å². The molecule has 2 N–H and O–H groups in total. The molecule has 1 atom stereocenters. The van der Waals surface area contributed by atoms with Gasteiger partial charge in [-0.3, -0.25) is 0 Å². The second-order valence-electron chi connectivity index (χ2n) is 4.89. The third kappa shape index (κ3) is 2.67. The minimum atomic E-state index is -0.539. The van der Waals surface area contributed by atoms with Crippen LogP contribution in [0.1, 0.15) is 30.8 Å². The predicted molar refractivity (Wildman–Crippen MR) is 74.0 cm³/mol. The lowest BCUT2D eigenvalue weighted by Gasteiger charge is -2.18. The van der Waals surface area contributed by atoms with Gasteiger partial charge >= 0.3 is 0 Å². The van der Waals surface area contributed by atoms with Gasteiger partial charge in [-0.1, -0.05) is 6.92 Å². The summed E-state index contributed by atoms with van der Waals surface area (Å²) in [4.78, 5) is 4.34. The summed E-state index contributed by atoms with van der Waals surface area (Å²) in [6.45, 7) is 5.37. The molecule has 19 heavy (non-hydrogen) atoms. The Kier molecular flexibility index (Phi) is 3.69. The largest absolute Gasteiger partial charge is 0.320 e. The van der Waals surface area contributed by atoms with E-state index >= 15 is 0 Å². The van der Waals surface area contributed by atoms with Gasteiger partial charge in [0.2, 0.25) is 0 Å². The molecule has 0 fully saturated rings. The molecule has 0 aliphatic carbocycles. The standard InChI is InChI=1S/C14H16F2N2S/c1-4-14(3,17)13-18-12(7-19-13)9-6-10(15)8(2)5-11(9)16/h5-7H,4,17H2,1-3H3. The lowest BCUT2D eigenvalue weighted by Crippen LogP contribution is -2.31. The molecule has 5 heteroatoms. The van der Waals surface area contributed by atoms with E-state index < -0.39 is 17.2 Å². The van der Waals surface area contributed by atoms with Gasteiger partial charge in [0.05, 0.1) is 11.2 Å². The maximum absolute atomic E-state index is 13.9. The summed E-state index contributed by atoms with van der Waals surface area (Å²) in [5.74, 6) is -0.900. The molecule has 0 amide bonds. The number of hydrogen-bond acceptors (Lipinski definition) is 3. The molecule has 0 aliphatic heterocycles. The normalized spacial score (nSPS) is 14.4. The maximum atomic E-state index is 13.9. The van der Waals surface area contributed by atoms with Gasteiger partial charge in [-0.25, -0.2) is 13.8 Å². The highest BCUT2D eigenvalue weighted by Crippen LogP contribution is 2.31. The van der Waals surface area contributed by atoms with Crippen LogP contribution in [0.15, 0.2) is 17.5 Å². The van der Waals surface area contributed by atoms with Crippen molar-refractivity contribution in [2.45, 2.75) is 32.7 Å². The summed E-state index contributed by atoms with van der Waals surface area (Å²) in [6, 6.07) is 2.37. The van der Waals surface area contributed by atoms with Crippen molar-refractivity contribution in [3.63, 3.8) is 0 Å². The Bertz CT molecular complexity index is 605. The highest BCUT2D eigenvalue weighted by molar-refractivity contribution is 7.10. The van der Waals surface area contributed by atoms with Crippen molar-refractivity contribution >= 4 is 11.3 Å². The van der Waals surface area contributed by atoms with E-state index in [1.807, 2.05) is 13.8 Å². The van der Waals surface area contributed by atoms with E-state index in [9.17, 15) is 8.78 Å². The molecule has 1 aromatic heterocycles. The van der Waals surface area contributed by atoms with Crippen LogP contribution in [0.5, 0.6) is 0 Å². The van der Waals surface area contributed by atoms with Crippen LogP contribution in [0.25, 0.3) is 11.3 Å². The number of aryl methyl sites for hydroxylation is 1. The SMILES string of the molecule is CCC(C)(N)c1nc(-c2cc(F)c(C)cc2F)cs1. The molecule has 0 saturated heterocycles. The van der Waals surface area contributed by atoms with Crippen molar-refractivity contribution in [1.82, 2.24) is 4.98 Å². The Balaban J connectivity index is 2.47. The summed E-state index contributed by atoms with van der Waals surface area (Å²) in [5.41, 5.74) is 6.46. The summed E-state index contributed by atoms with van der Waals surface area (Å²) < 4.78 is 27.4. The minimum absolute atomic E-state index is 0.178. The molecule has 2 rings (SSSR count). The second-order valence-corrected chi connectivity index (χ2v) is 5.75. The first kappa shape index (κ1) is 14.1. The van der Waals surface area contributed by atoms with Gasteiger partial charge < -0.3 is 5.73 Å². The Hall–Kier alpha value is -1.33. The number of aromatic nitrogens is 1. The fourth-order valence-electron chi connectivity index (χ4n) is 1.65. The van der Waals surface area contributed by atoms with Crippen LogP contribution in [0.2, 0.25) is 0 Å². The number of thiazole rings is 1. The lowest BCUT2D eigenvalue weighted by atomic mass is 10.0. The Morgan fingerprint density at radius 3 is 2.63 bits per heavy atom. The zero-order chi connectivity index (χ0) is 14.2. The molecule has 2 nitrogen and oxygen atoms in total. The number of hydrogen-bond donors (Lipinski definition) is 1. The van der Waals surface area contributed by atoms with E-state index in [0.29, 0.717) is 5.69 Å². The Morgan fingerprint density at radius 2 is 2.00 bits per heavy atom. The molecule has 102 valence electrons. The molecule has 0 saturated carbocycles. The monoisotopic (exact) mass is 282 g/mol. The fourth-order valence-corrected chi connectivity index (χ4v) is 2.62. The fraction of sp³-hybridized carbons (Fsp3) is 0.357. The zero-order valence-electron chi connectivity index (χ0n) is 11.1. The van der Waals surface area contributed by atoms with Crippen molar-refractivity contribution in [3.8, 4) is 11.3 Å². The van der Waals surface area contributed by atoms with Crippen LogP contribution in [0.4, 0.5) is 8.78 Å². The minimum Gasteiger partial charge on any atom is -0.320 e. The number of nitrogens with two attached hydrogens (primary N) is 1. The van der Waals surface area contributed by atoms with E-state index in [2.05, 4.69) is 4.98 Å². The summed E-state index contributed by atoms with van der Waals surface area (Å²) in [6.07, 6.45) is 0.727. The van der Waals surface area contributed by atoms with Crippen LogP contribution in [0, 0.1) is 18.6 Å². The summed E-state index contributed by atoms with van der Waals surface area (Å²) >= 11 is 1.37. The van der Waals surface area contributed by atoms with Gasteiger partial charge in [-0.05, 0) is 38.0 Å². The van der Waals surface area contributed by atoms with Crippen LogP contribution in [0.3, 0.4) is 0 Å². The summed E-state index contributed by atoms with van der Waals surface area (Å²) in [5, 5.41) is 2.44. The molecule has 2 aromatic rings. The van der Waals surface area contributed by atoms with Gasteiger partial charge in [0.1, 0.15) is 16.6 Å². The molecular formula is C14H16F2N2S. The van der Waals surface area contributed by atoms with Gasteiger partial charge in [0, 0.05) is 10.9 Å². The topological polar surface area (TPSA) is 38.9 Å². The van der Waals surface area contributed by atoms with Crippen molar-refractivity contribution in [1.29, 1.82) is 0 Å². The predicted octanol–water partition coefficient (Wildman–Crippen LogP) is 3.98. The van der Waals surface area contributed by atoms with Crippen molar-refractivity contribution < 1.29 is 8.78 Å². The molecule has 0 aliphatic rings. The molecule has 0 spiro atoms. The lowest BCUT2D eigenvalue weighted by molar-refractivity contribution is 0.474. The number of rotatable bonds is 3. The highest BCUT2D eigenvalue weighted by Gasteiger charge is 2.23. The number of benzene rings is 1. The molecule has 1 heterocycles. The smallest absolute Gasteiger partial charge is 0.133 e. The molecular weight excluding hydrogens is 266 g/mol. The van der Waals surface area contributed by atoms with Gasteiger partial charge in [0.25, 0.3) is 0 Å². The van der Waals surface area contributed by atoms with Crippen molar-refractivity contribution in [2.24, 2.45) is 5.73 Å². The van der Waals surface area contributed by atoms with Crippen molar-refractivity contribution in [2.75, 3.05) is 0 Å².